The summed E-state index contributed by atoms with van der Waals surface area (Å²) in [6.45, 7) is 7.26. The van der Waals surface area contributed by atoms with Crippen LogP contribution in [0.3, 0.4) is 0 Å². The van der Waals surface area contributed by atoms with E-state index < -0.39 is 5.54 Å². The first-order valence-electron chi connectivity index (χ1n) is 8.55. The summed E-state index contributed by atoms with van der Waals surface area (Å²) in [4.78, 5) is 17.1. The lowest BCUT2D eigenvalue weighted by Gasteiger charge is -2.51. The maximum atomic E-state index is 12.9. The summed E-state index contributed by atoms with van der Waals surface area (Å²) in [5.74, 6) is 1.45. The Morgan fingerprint density at radius 2 is 2.08 bits per heavy atom. The summed E-state index contributed by atoms with van der Waals surface area (Å²) in [7, 11) is 1.65. The zero-order valence-corrected chi connectivity index (χ0v) is 14.7. The van der Waals surface area contributed by atoms with E-state index >= 15 is 0 Å². The molecule has 1 spiro atoms. The number of likely N-dealkylation sites (tertiary alicyclic amines) is 2. The Morgan fingerprint density at radius 1 is 1.38 bits per heavy atom. The highest BCUT2D eigenvalue weighted by atomic mass is 16.5. The quantitative estimate of drug-likeness (QED) is 0.779. The van der Waals surface area contributed by atoms with Gasteiger partial charge in [0.1, 0.15) is 11.3 Å². The van der Waals surface area contributed by atoms with E-state index in [0.717, 1.165) is 30.9 Å². The number of carbonyl (C=O) groups excluding carboxylic acids is 1. The molecule has 128 valence electrons. The molecule has 2 aliphatic heterocycles. The third-order valence-corrected chi connectivity index (χ3v) is 5.07. The summed E-state index contributed by atoms with van der Waals surface area (Å²) in [6.07, 6.45) is 0.675. The van der Waals surface area contributed by atoms with Gasteiger partial charge in [0, 0.05) is 26.2 Å². The third-order valence-electron chi connectivity index (χ3n) is 5.07. The molecular formula is C19H25N3O2. The molecule has 0 aliphatic carbocycles. The van der Waals surface area contributed by atoms with Gasteiger partial charge in [-0.2, -0.15) is 5.26 Å². The molecule has 24 heavy (non-hydrogen) atoms. The number of nitrogens with zero attached hydrogens (tertiary/aromatic N) is 3. The second kappa shape index (κ2) is 6.45. The molecule has 2 unspecified atom stereocenters. The molecule has 0 N–H and O–H groups in total. The van der Waals surface area contributed by atoms with Gasteiger partial charge in [0.15, 0.2) is 0 Å². The number of amides is 1. The molecule has 2 aliphatic rings. The summed E-state index contributed by atoms with van der Waals surface area (Å²) in [5, 5.41) is 9.29. The van der Waals surface area contributed by atoms with E-state index in [0.29, 0.717) is 18.9 Å². The van der Waals surface area contributed by atoms with Crippen LogP contribution in [-0.2, 0) is 11.3 Å². The Bertz CT molecular complexity index is 650. The van der Waals surface area contributed by atoms with Crippen molar-refractivity contribution < 1.29 is 9.53 Å². The average Bonchev–Trinajstić information content (AvgIpc) is 2.94. The predicted octanol–water partition coefficient (Wildman–Crippen LogP) is 2.28. The smallest absolute Gasteiger partial charge is 0.245 e. The fourth-order valence-electron chi connectivity index (χ4n) is 3.94. The van der Waals surface area contributed by atoms with Crippen molar-refractivity contribution in [1.82, 2.24) is 9.80 Å². The van der Waals surface area contributed by atoms with Gasteiger partial charge in [-0.1, -0.05) is 26.0 Å². The van der Waals surface area contributed by atoms with Crippen molar-refractivity contribution in [2.75, 3.05) is 26.7 Å². The van der Waals surface area contributed by atoms with Crippen molar-refractivity contribution in [2.24, 2.45) is 11.8 Å². The Labute approximate surface area is 143 Å². The molecule has 5 nitrogen and oxygen atoms in total. The van der Waals surface area contributed by atoms with Crippen LogP contribution < -0.4 is 4.74 Å². The number of nitriles is 1. The summed E-state index contributed by atoms with van der Waals surface area (Å²) < 4.78 is 5.17. The van der Waals surface area contributed by atoms with Gasteiger partial charge in [-0.25, -0.2) is 0 Å². The van der Waals surface area contributed by atoms with Crippen molar-refractivity contribution in [1.29, 1.82) is 5.26 Å². The maximum absolute atomic E-state index is 12.9. The molecule has 0 bridgehead atoms. The van der Waals surface area contributed by atoms with Gasteiger partial charge in [-0.3, -0.25) is 9.69 Å². The lowest BCUT2D eigenvalue weighted by molar-refractivity contribution is -0.163. The second-order valence-electron chi connectivity index (χ2n) is 7.37. The Hall–Kier alpha value is -2.06. The molecule has 0 saturated carbocycles. The number of ether oxygens (including phenoxy) is 1. The van der Waals surface area contributed by atoms with Crippen LogP contribution >= 0.6 is 0 Å². The average molecular weight is 327 g/mol. The number of rotatable bonds is 5. The molecule has 5 heteroatoms. The first-order chi connectivity index (χ1) is 11.5. The number of methoxy groups -OCH3 is 1. The summed E-state index contributed by atoms with van der Waals surface area (Å²) in [6, 6.07) is 10.2. The minimum atomic E-state index is -0.433. The van der Waals surface area contributed by atoms with Crippen molar-refractivity contribution >= 4 is 5.91 Å². The van der Waals surface area contributed by atoms with Crippen molar-refractivity contribution in [3.63, 3.8) is 0 Å². The molecule has 1 aromatic carbocycles. The van der Waals surface area contributed by atoms with Gasteiger partial charge in [-0.15, -0.1) is 0 Å². The molecule has 0 aromatic heterocycles. The monoisotopic (exact) mass is 327 g/mol. The standard InChI is InChI=1S/C19H25N3O2/c1-14(2)10-22-12-16(9-20)8-19(22)13-21(18(19)23)11-15-4-6-17(24-3)7-5-15/h4-7,14,16H,8,10-13H2,1-3H3. The molecule has 2 atom stereocenters. The van der Waals surface area contributed by atoms with Crippen LogP contribution in [0.5, 0.6) is 5.75 Å². The van der Waals surface area contributed by atoms with Gasteiger partial charge in [-0.05, 0) is 30.0 Å². The van der Waals surface area contributed by atoms with Crippen molar-refractivity contribution in [3.8, 4) is 11.8 Å². The van der Waals surface area contributed by atoms with Crippen LogP contribution in [0.2, 0.25) is 0 Å². The zero-order valence-electron chi connectivity index (χ0n) is 14.7. The van der Waals surface area contributed by atoms with Crippen molar-refractivity contribution in [3.05, 3.63) is 29.8 Å². The van der Waals surface area contributed by atoms with Crippen LogP contribution in [0, 0.1) is 23.2 Å². The van der Waals surface area contributed by atoms with Gasteiger partial charge in [0.2, 0.25) is 5.91 Å². The SMILES string of the molecule is COc1ccc(CN2CC3(CC(C#N)CN3CC(C)C)C2=O)cc1. The molecule has 2 saturated heterocycles. The van der Waals surface area contributed by atoms with E-state index in [-0.39, 0.29) is 11.8 Å². The van der Waals surface area contributed by atoms with Crippen LogP contribution in [-0.4, -0.2) is 48.0 Å². The third kappa shape index (κ3) is 2.87. The molecule has 0 radical (unpaired) electrons. The lowest BCUT2D eigenvalue weighted by atomic mass is 9.83. The van der Waals surface area contributed by atoms with E-state index in [2.05, 4.69) is 24.8 Å². The Kier molecular flexibility index (Phi) is 4.51. The topological polar surface area (TPSA) is 56.6 Å². The highest BCUT2D eigenvalue weighted by Gasteiger charge is 2.60. The van der Waals surface area contributed by atoms with Crippen LogP contribution in [0.1, 0.15) is 25.8 Å². The first kappa shape index (κ1) is 16.8. The lowest BCUT2D eigenvalue weighted by Crippen LogP contribution is -2.71. The minimum absolute atomic E-state index is 0.0316. The fourth-order valence-corrected chi connectivity index (χ4v) is 3.94. The van der Waals surface area contributed by atoms with Gasteiger partial charge < -0.3 is 9.64 Å². The summed E-state index contributed by atoms with van der Waals surface area (Å²) in [5.41, 5.74) is 0.668. The normalized spacial score (nSPS) is 26.7. The Morgan fingerprint density at radius 3 is 2.62 bits per heavy atom. The highest BCUT2D eigenvalue weighted by Crippen LogP contribution is 2.42. The Balaban J connectivity index is 1.69. The van der Waals surface area contributed by atoms with Crippen LogP contribution in [0.25, 0.3) is 0 Å². The number of carbonyl (C=O) groups is 1. The second-order valence-corrected chi connectivity index (χ2v) is 7.37. The van der Waals surface area contributed by atoms with E-state index in [1.807, 2.05) is 29.2 Å². The number of benzene rings is 1. The minimum Gasteiger partial charge on any atom is -0.497 e. The molecule has 3 rings (SSSR count). The van der Waals surface area contributed by atoms with E-state index in [9.17, 15) is 10.1 Å². The maximum Gasteiger partial charge on any atom is 0.245 e. The number of hydrogen-bond acceptors (Lipinski definition) is 4. The fraction of sp³-hybridized carbons (Fsp3) is 0.579. The highest BCUT2D eigenvalue weighted by molar-refractivity contribution is 5.93. The molecule has 2 heterocycles. The van der Waals surface area contributed by atoms with E-state index in [1.165, 1.54) is 0 Å². The number of hydrogen-bond donors (Lipinski definition) is 0. The van der Waals surface area contributed by atoms with Gasteiger partial charge >= 0.3 is 0 Å². The largest absolute Gasteiger partial charge is 0.497 e. The van der Waals surface area contributed by atoms with Gasteiger partial charge in [0.05, 0.1) is 19.1 Å². The summed E-state index contributed by atoms with van der Waals surface area (Å²) >= 11 is 0. The van der Waals surface area contributed by atoms with Crippen molar-refractivity contribution in [2.45, 2.75) is 32.4 Å². The van der Waals surface area contributed by atoms with Crippen LogP contribution in [0.15, 0.2) is 24.3 Å². The molecule has 1 amide bonds. The van der Waals surface area contributed by atoms with Gasteiger partial charge in [0.25, 0.3) is 0 Å². The molecule has 2 fully saturated rings. The molecule has 1 aromatic rings. The first-order valence-corrected chi connectivity index (χ1v) is 8.55. The molecular weight excluding hydrogens is 302 g/mol. The number of β-lactam (4-membered cyclic amide) rings is 1. The van der Waals surface area contributed by atoms with Crippen LogP contribution in [0.4, 0.5) is 0 Å². The van der Waals surface area contributed by atoms with E-state index in [1.54, 1.807) is 7.11 Å². The zero-order chi connectivity index (χ0) is 17.3. The van der Waals surface area contributed by atoms with E-state index in [4.69, 9.17) is 4.74 Å². The predicted molar refractivity (Wildman–Crippen MR) is 91.3 cm³/mol.